The Morgan fingerprint density at radius 3 is 1.94 bits per heavy atom. The molecule has 34 heavy (non-hydrogen) atoms. The van der Waals surface area contributed by atoms with Crippen LogP contribution in [0.1, 0.15) is 0 Å². The second kappa shape index (κ2) is 8.99. The highest BCUT2D eigenvalue weighted by Crippen LogP contribution is 2.35. The van der Waals surface area contributed by atoms with Gasteiger partial charge in [-0.1, -0.05) is 57.9 Å². The van der Waals surface area contributed by atoms with E-state index in [-0.39, 0.29) is 19.3 Å². The average Bonchev–Trinajstić information content (AvgIpc) is 2.80. The number of sulfonamides is 2. The fourth-order valence-corrected chi connectivity index (χ4v) is 7.48. The second-order valence-corrected chi connectivity index (χ2v) is 12.2. The SMILES string of the molecule is O=[N+]([O-])c1cc(S(=O)(=O)N(c2ccc(Br)cc2)S(=O)(=O)c2ccc3ccccc3c2)ccc1Cl. The summed E-state index contributed by atoms with van der Waals surface area (Å²) in [6.07, 6.45) is 0. The van der Waals surface area contributed by atoms with Gasteiger partial charge < -0.3 is 0 Å². The molecular formula is C22H14BrClN2O6S2. The molecule has 0 radical (unpaired) electrons. The number of rotatable bonds is 6. The molecule has 0 spiro atoms. The Balaban J connectivity index is 1.96. The van der Waals surface area contributed by atoms with Crippen molar-refractivity contribution < 1.29 is 21.8 Å². The highest BCUT2D eigenvalue weighted by Gasteiger charge is 2.38. The van der Waals surface area contributed by atoms with Crippen LogP contribution in [0, 0.1) is 10.1 Å². The summed E-state index contributed by atoms with van der Waals surface area (Å²) in [5.74, 6) is 0. The first kappa shape index (κ1) is 24.1. The van der Waals surface area contributed by atoms with Gasteiger partial charge >= 0.3 is 0 Å². The van der Waals surface area contributed by atoms with Crippen LogP contribution in [0.4, 0.5) is 11.4 Å². The minimum atomic E-state index is -4.83. The van der Waals surface area contributed by atoms with E-state index in [4.69, 9.17) is 11.6 Å². The van der Waals surface area contributed by atoms with Crippen LogP contribution in [0.5, 0.6) is 0 Å². The lowest BCUT2D eigenvalue weighted by Gasteiger charge is -2.24. The van der Waals surface area contributed by atoms with Crippen molar-refractivity contribution in [3.63, 3.8) is 0 Å². The maximum Gasteiger partial charge on any atom is 0.289 e. The minimum absolute atomic E-state index is 0.172. The van der Waals surface area contributed by atoms with E-state index in [2.05, 4.69) is 15.9 Å². The van der Waals surface area contributed by atoms with Crippen molar-refractivity contribution in [3.8, 4) is 0 Å². The monoisotopic (exact) mass is 580 g/mol. The van der Waals surface area contributed by atoms with E-state index in [0.717, 1.165) is 23.6 Å². The van der Waals surface area contributed by atoms with Gasteiger partial charge in [0.15, 0.2) is 0 Å². The van der Waals surface area contributed by atoms with Crippen LogP contribution >= 0.6 is 27.5 Å². The molecule has 0 heterocycles. The first-order valence-corrected chi connectivity index (χ1v) is 13.6. The van der Waals surface area contributed by atoms with E-state index in [1.165, 1.54) is 36.4 Å². The third-order valence-corrected chi connectivity index (χ3v) is 9.92. The number of nitro groups is 1. The van der Waals surface area contributed by atoms with Gasteiger partial charge in [-0.2, -0.15) is 3.71 Å². The van der Waals surface area contributed by atoms with E-state index in [1.807, 2.05) is 0 Å². The minimum Gasteiger partial charge on any atom is -0.258 e. The maximum atomic E-state index is 13.7. The number of hydrogen-bond acceptors (Lipinski definition) is 6. The van der Waals surface area contributed by atoms with E-state index in [9.17, 15) is 26.9 Å². The van der Waals surface area contributed by atoms with Crippen LogP contribution in [-0.2, 0) is 20.0 Å². The fourth-order valence-electron chi connectivity index (χ4n) is 3.28. The molecule has 4 rings (SSSR count). The molecule has 4 aromatic rings. The van der Waals surface area contributed by atoms with Crippen LogP contribution in [0.25, 0.3) is 10.8 Å². The number of halogens is 2. The van der Waals surface area contributed by atoms with Gasteiger partial charge in [0.05, 0.1) is 20.4 Å². The molecule has 12 heteroatoms. The summed E-state index contributed by atoms with van der Waals surface area (Å²) >= 11 is 9.06. The normalized spacial score (nSPS) is 11.9. The Bertz CT molecular complexity index is 1640. The van der Waals surface area contributed by atoms with Gasteiger partial charge in [0.1, 0.15) is 5.02 Å². The molecule has 0 atom stereocenters. The molecule has 0 unspecified atom stereocenters. The van der Waals surface area contributed by atoms with Crippen LogP contribution < -0.4 is 3.71 Å². The molecule has 174 valence electrons. The molecule has 0 aliphatic rings. The van der Waals surface area contributed by atoms with Crippen LogP contribution in [0.3, 0.4) is 0 Å². The summed E-state index contributed by atoms with van der Waals surface area (Å²) in [5, 5.41) is 12.4. The van der Waals surface area contributed by atoms with Crippen molar-refractivity contribution in [2.24, 2.45) is 0 Å². The summed E-state index contributed by atoms with van der Waals surface area (Å²) in [6, 6.07) is 19.7. The van der Waals surface area contributed by atoms with Crippen molar-refractivity contribution in [3.05, 3.63) is 105 Å². The van der Waals surface area contributed by atoms with Crippen LogP contribution in [-0.4, -0.2) is 21.8 Å². The number of nitrogens with zero attached hydrogens (tertiary/aromatic N) is 2. The molecular weight excluding hydrogens is 568 g/mol. The van der Waals surface area contributed by atoms with Gasteiger partial charge in [0.25, 0.3) is 25.7 Å². The molecule has 8 nitrogen and oxygen atoms in total. The predicted molar refractivity (Wildman–Crippen MR) is 133 cm³/mol. The summed E-state index contributed by atoms with van der Waals surface area (Å²) in [7, 11) is -9.51. The van der Waals surface area contributed by atoms with Gasteiger partial charge in [-0.15, -0.1) is 0 Å². The molecule has 0 amide bonds. The van der Waals surface area contributed by atoms with E-state index in [0.29, 0.717) is 9.86 Å². The Hall–Kier alpha value is -2.99. The van der Waals surface area contributed by atoms with Crippen LogP contribution in [0.2, 0.25) is 5.02 Å². The van der Waals surface area contributed by atoms with E-state index in [1.54, 1.807) is 30.3 Å². The maximum absolute atomic E-state index is 13.7. The smallest absolute Gasteiger partial charge is 0.258 e. The van der Waals surface area contributed by atoms with Crippen molar-refractivity contribution in [2.75, 3.05) is 3.71 Å². The molecule has 0 N–H and O–H groups in total. The standard InChI is InChI=1S/C22H14BrClN2O6S2/c23-17-6-8-18(9-7-17)26(34(31,32)20-11-12-21(24)22(14-20)25(27)28)33(29,30)19-10-5-15-3-1-2-4-16(15)13-19/h1-14H. The second-order valence-electron chi connectivity index (χ2n) is 7.06. The Morgan fingerprint density at radius 2 is 1.32 bits per heavy atom. The number of benzene rings is 4. The quantitative estimate of drug-likeness (QED) is 0.212. The zero-order valence-electron chi connectivity index (χ0n) is 17.0. The van der Waals surface area contributed by atoms with Gasteiger partial charge in [-0.05, 0) is 59.3 Å². The third kappa shape index (κ3) is 4.39. The zero-order chi connectivity index (χ0) is 24.7. The topological polar surface area (TPSA) is 115 Å². The average molecular weight is 582 g/mol. The Kier molecular flexibility index (Phi) is 6.38. The largest absolute Gasteiger partial charge is 0.289 e. The first-order valence-electron chi connectivity index (χ1n) is 9.51. The molecule has 0 aliphatic heterocycles. The van der Waals surface area contributed by atoms with Gasteiger partial charge in [0.2, 0.25) is 0 Å². The molecule has 4 aromatic carbocycles. The van der Waals surface area contributed by atoms with Crippen molar-refractivity contribution in [1.29, 1.82) is 0 Å². The molecule has 0 saturated heterocycles. The Morgan fingerprint density at radius 1 is 0.765 bits per heavy atom. The molecule has 0 saturated carbocycles. The summed E-state index contributed by atoms with van der Waals surface area (Å²) in [5.41, 5.74) is -0.837. The molecule has 0 bridgehead atoms. The van der Waals surface area contributed by atoms with Crippen molar-refractivity contribution in [1.82, 2.24) is 0 Å². The summed E-state index contributed by atoms with van der Waals surface area (Å²) in [4.78, 5) is 9.60. The number of anilines is 1. The highest BCUT2D eigenvalue weighted by atomic mass is 79.9. The van der Waals surface area contributed by atoms with E-state index >= 15 is 0 Å². The fraction of sp³-hybridized carbons (Fsp3) is 0. The number of hydrogen-bond donors (Lipinski definition) is 0. The predicted octanol–water partition coefficient (Wildman–Crippen LogP) is 5.75. The highest BCUT2D eigenvalue weighted by molar-refractivity contribution is 9.10. The number of nitro benzene ring substituents is 1. The van der Waals surface area contributed by atoms with Gasteiger partial charge in [-0.3, -0.25) is 10.1 Å². The molecule has 0 aromatic heterocycles. The lowest BCUT2D eigenvalue weighted by molar-refractivity contribution is -0.384. The molecule has 0 fully saturated rings. The van der Waals surface area contributed by atoms with Gasteiger partial charge in [-0.25, -0.2) is 16.8 Å². The van der Waals surface area contributed by atoms with Crippen molar-refractivity contribution in [2.45, 2.75) is 9.79 Å². The van der Waals surface area contributed by atoms with Crippen molar-refractivity contribution >= 4 is 69.7 Å². The number of fused-ring (bicyclic) bond motifs is 1. The summed E-state index contributed by atoms with van der Waals surface area (Å²) < 4.78 is 55.7. The van der Waals surface area contributed by atoms with E-state index < -0.39 is 35.6 Å². The Labute approximate surface area is 208 Å². The third-order valence-electron chi connectivity index (χ3n) is 4.91. The van der Waals surface area contributed by atoms with Gasteiger partial charge in [0, 0.05) is 10.5 Å². The molecule has 0 aliphatic carbocycles. The summed E-state index contributed by atoms with van der Waals surface area (Å²) in [6.45, 7) is 0. The zero-order valence-corrected chi connectivity index (χ0v) is 21.0. The lowest BCUT2D eigenvalue weighted by Crippen LogP contribution is -2.37. The lowest BCUT2D eigenvalue weighted by atomic mass is 10.1. The van der Waals surface area contributed by atoms with Crippen LogP contribution in [0.15, 0.2) is 99.2 Å². The first-order chi connectivity index (χ1) is 16.0.